The van der Waals surface area contributed by atoms with E-state index in [1.54, 1.807) is 12.2 Å². The van der Waals surface area contributed by atoms with E-state index in [1.807, 2.05) is 97.1 Å². The van der Waals surface area contributed by atoms with Gasteiger partial charge in [-0.15, -0.1) is 0 Å². The summed E-state index contributed by atoms with van der Waals surface area (Å²) in [4.78, 5) is 32.0. The van der Waals surface area contributed by atoms with Gasteiger partial charge in [0.15, 0.2) is 0 Å². The summed E-state index contributed by atoms with van der Waals surface area (Å²) in [6, 6.07) is 27.2. The third-order valence-electron chi connectivity index (χ3n) is 6.03. The van der Waals surface area contributed by atoms with Crippen LogP contribution in [0.1, 0.15) is 22.3 Å². The molecule has 0 heterocycles. The van der Waals surface area contributed by atoms with Crippen LogP contribution in [-0.2, 0) is 15.0 Å². The maximum absolute atomic E-state index is 11.8. The van der Waals surface area contributed by atoms with Crippen LogP contribution in [0.2, 0.25) is 0 Å². The molecule has 0 aliphatic heterocycles. The first-order valence-corrected chi connectivity index (χ1v) is 9.61. The average Bonchev–Trinajstić information content (AvgIpc) is 2.79. The first-order valence-electron chi connectivity index (χ1n) is 9.61. The van der Waals surface area contributed by atoms with Gasteiger partial charge in [-0.1, -0.05) is 97.1 Å². The van der Waals surface area contributed by atoms with Gasteiger partial charge in [0.05, 0.1) is 5.41 Å². The number of nitrogens with zero attached hydrogens (tertiary/aromatic N) is 2. The Kier molecular flexibility index (Phi) is 4.04. The molecule has 0 radical (unpaired) electrons. The van der Waals surface area contributed by atoms with Gasteiger partial charge in [0.2, 0.25) is 17.8 Å². The summed E-state index contributed by atoms with van der Waals surface area (Å²) in [7, 11) is 0. The summed E-state index contributed by atoms with van der Waals surface area (Å²) in [6.07, 6.45) is 7.45. The molecule has 0 atom stereocenters. The minimum Gasteiger partial charge on any atom is -0.211 e. The van der Waals surface area contributed by atoms with Crippen LogP contribution in [-0.4, -0.2) is 17.8 Å². The molecule has 0 amide bonds. The van der Waals surface area contributed by atoms with E-state index in [0.717, 1.165) is 33.4 Å². The standard InChI is InChI=1S/C26H16N2O2/c29-17-27-26(28-18-30)24-22-14-8-7-13-21(22)23(24)15-16-25(26,19-9-3-1-4-10-19)20-11-5-2-6-12-20/h1-16H. The highest BCUT2D eigenvalue weighted by Crippen LogP contribution is 2.61. The zero-order valence-corrected chi connectivity index (χ0v) is 15.9. The van der Waals surface area contributed by atoms with Gasteiger partial charge < -0.3 is 0 Å². The van der Waals surface area contributed by atoms with Crippen LogP contribution >= 0.6 is 0 Å². The summed E-state index contributed by atoms with van der Waals surface area (Å²) >= 11 is 0. The van der Waals surface area contributed by atoms with Crippen LogP contribution in [0.25, 0.3) is 11.1 Å². The number of aliphatic imine (C=N–C) groups is 2. The Bertz CT molecular complexity index is 1240. The number of carbonyl (C=O) groups excluding carboxylic acids is 2. The normalized spacial score (nSPS) is 20.1. The molecule has 142 valence electrons. The van der Waals surface area contributed by atoms with E-state index >= 15 is 0 Å². The average molecular weight is 388 g/mol. The van der Waals surface area contributed by atoms with Crippen molar-refractivity contribution in [1.82, 2.24) is 0 Å². The Morgan fingerprint density at radius 3 is 1.67 bits per heavy atom. The molecule has 0 aromatic heterocycles. The molecule has 30 heavy (non-hydrogen) atoms. The van der Waals surface area contributed by atoms with Crippen LogP contribution in [0.5, 0.6) is 0 Å². The molecule has 0 saturated carbocycles. The molecule has 0 bridgehead atoms. The van der Waals surface area contributed by atoms with Crippen molar-refractivity contribution < 1.29 is 9.59 Å². The summed E-state index contributed by atoms with van der Waals surface area (Å²) in [6.45, 7) is 0. The van der Waals surface area contributed by atoms with Crippen molar-refractivity contribution in [3.8, 4) is 0 Å². The molecule has 3 aromatic carbocycles. The van der Waals surface area contributed by atoms with Gasteiger partial charge in [0.25, 0.3) is 0 Å². The van der Waals surface area contributed by atoms with Gasteiger partial charge >= 0.3 is 0 Å². The molecule has 3 aromatic rings. The third kappa shape index (κ3) is 2.18. The molecule has 0 saturated heterocycles. The van der Waals surface area contributed by atoms with Crippen molar-refractivity contribution >= 4 is 23.3 Å². The Labute approximate surface area is 173 Å². The smallest absolute Gasteiger partial charge is 0.211 e. The molecular formula is C26H16N2O2. The van der Waals surface area contributed by atoms with E-state index in [-0.39, 0.29) is 0 Å². The number of hydrogen-bond acceptors (Lipinski definition) is 4. The summed E-state index contributed by atoms with van der Waals surface area (Å²) < 4.78 is 0. The quantitative estimate of drug-likeness (QED) is 0.475. The Balaban J connectivity index is 1.94. The van der Waals surface area contributed by atoms with E-state index in [1.165, 1.54) is 0 Å². The van der Waals surface area contributed by atoms with Gasteiger partial charge in [0, 0.05) is 5.57 Å². The van der Waals surface area contributed by atoms with E-state index in [2.05, 4.69) is 9.98 Å². The maximum Gasteiger partial charge on any atom is 0.237 e. The van der Waals surface area contributed by atoms with E-state index < -0.39 is 11.1 Å². The van der Waals surface area contributed by atoms with Crippen LogP contribution in [0.3, 0.4) is 0 Å². The third-order valence-corrected chi connectivity index (χ3v) is 6.03. The number of fused-ring (bicyclic) bond motifs is 3. The molecule has 2 aliphatic carbocycles. The fraction of sp³-hybridized carbons (Fsp3) is 0.0769. The molecule has 4 heteroatoms. The summed E-state index contributed by atoms with van der Waals surface area (Å²) in [5.74, 6) is 0. The van der Waals surface area contributed by atoms with Gasteiger partial charge in [0.1, 0.15) is 0 Å². The number of hydrogen-bond donors (Lipinski definition) is 0. The minimum atomic E-state index is -1.54. The second kappa shape index (κ2) is 6.75. The van der Waals surface area contributed by atoms with Crippen LogP contribution in [0.4, 0.5) is 0 Å². The lowest BCUT2D eigenvalue weighted by molar-refractivity contribution is 0.403. The van der Waals surface area contributed by atoms with Gasteiger partial charge in [-0.2, -0.15) is 9.98 Å². The van der Waals surface area contributed by atoms with Crippen molar-refractivity contribution in [2.24, 2.45) is 9.98 Å². The second-order valence-corrected chi connectivity index (χ2v) is 7.29. The maximum atomic E-state index is 11.8. The molecule has 5 rings (SSSR count). The fourth-order valence-electron chi connectivity index (χ4n) is 4.83. The SMILES string of the molecule is O=C=NC1(N=C=O)C2=C(C=CC1(c1ccccc1)c1ccccc1)c1ccccc12. The summed E-state index contributed by atoms with van der Waals surface area (Å²) in [5, 5.41) is 0. The lowest BCUT2D eigenvalue weighted by Crippen LogP contribution is -2.52. The predicted molar refractivity (Wildman–Crippen MR) is 115 cm³/mol. The van der Waals surface area contributed by atoms with Crippen molar-refractivity contribution in [2.45, 2.75) is 11.1 Å². The monoisotopic (exact) mass is 388 g/mol. The van der Waals surface area contributed by atoms with E-state index in [0.29, 0.717) is 0 Å². The highest BCUT2D eigenvalue weighted by atomic mass is 16.1. The zero-order valence-electron chi connectivity index (χ0n) is 15.9. The molecule has 0 N–H and O–H groups in total. The molecule has 0 unspecified atom stereocenters. The lowest BCUT2D eigenvalue weighted by Gasteiger charge is -2.50. The number of rotatable bonds is 4. The molecule has 0 fully saturated rings. The van der Waals surface area contributed by atoms with Crippen molar-refractivity contribution in [3.05, 3.63) is 119 Å². The van der Waals surface area contributed by atoms with Gasteiger partial charge in [-0.25, -0.2) is 9.59 Å². The zero-order chi connectivity index (χ0) is 20.6. The molecule has 2 aliphatic rings. The van der Waals surface area contributed by atoms with Crippen molar-refractivity contribution in [1.29, 1.82) is 0 Å². The predicted octanol–water partition coefficient (Wildman–Crippen LogP) is 4.83. The van der Waals surface area contributed by atoms with E-state index in [4.69, 9.17) is 0 Å². The highest BCUT2D eigenvalue weighted by Gasteiger charge is 2.60. The Morgan fingerprint density at radius 1 is 0.633 bits per heavy atom. The Hall–Kier alpha value is -4.10. The van der Waals surface area contributed by atoms with Crippen LogP contribution in [0.15, 0.2) is 107 Å². The lowest BCUT2D eigenvalue weighted by atomic mass is 9.55. The highest BCUT2D eigenvalue weighted by molar-refractivity contribution is 6.13. The summed E-state index contributed by atoms with van der Waals surface area (Å²) in [5.41, 5.74) is 2.79. The number of benzene rings is 3. The molecular weight excluding hydrogens is 372 g/mol. The van der Waals surface area contributed by atoms with Crippen molar-refractivity contribution in [3.63, 3.8) is 0 Å². The largest absolute Gasteiger partial charge is 0.237 e. The van der Waals surface area contributed by atoms with Crippen LogP contribution in [0, 0.1) is 0 Å². The van der Waals surface area contributed by atoms with Crippen molar-refractivity contribution in [2.75, 3.05) is 0 Å². The number of allylic oxidation sites excluding steroid dienone is 2. The van der Waals surface area contributed by atoms with Gasteiger partial charge in [-0.3, -0.25) is 0 Å². The fourth-order valence-corrected chi connectivity index (χ4v) is 4.83. The van der Waals surface area contributed by atoms with Gasteiger partial charge in [-0.05, 0) is 27.8 Å². The van der Waals surface area contributed by atoms with E-state index in [9.17, 15) is 9.59 Å². The Morgan fingerprint density at radius 2 is 1.13 bits per heavy atom. The topological polar surface area (TPSA) is 58.9 Å². The second-order valence-electron chi connectivity index (χ2n) is 7.29. The van der Waals surface area contributed by atoms with Crippen LogP contribution < -0.4 is 0 Å². The first kappa shape index (κ1) is 18.0. The number of isocyanates is 2. The molecule has 0 spiro atoms. The molecule has 4 nitrogen and oxygen atoms in total. The minimum absolute atomic E-state index is 0.736. The first-order chi connectivity index (χ1) is 14.8.